The second kappa shape index (κ2) is 5.90. The molecule has 0 saturated carbocycles. The van der Waals surface area contributed by atoms with Gasteiger partial charge in [-0.25, -0.2) is 8.42 Å². The van der Waals surface area contributed by atoms with Gasteiger partial charge in [-0.05, 0) is 30.5 Å². The van der Waals surface area contributed by atoms with E-state index in [1.54, 1.807) is 0 Å². The van der Waals surface area contributed by atoms with Crippen molar-refractivity contribution in [2.24, 2.45) is 0 Å². The van der Waals surface area contributed by atoms with Crippen molar-refractivity contribution in [3.05, 3.63) is 29.8 Å². The Morgan fingerprint density at radius 2 is 1.95 bits per heavy atom. The van der Waals surface area contributed by atoms with Crippen LogP contribution in [0, 0.1) is 0 Å². The van der Waals surface area contributed by atoms with Gasteiger partial charge in [-0.1, -0.05) is 12.1 Å². The molecule has 0 aromatic heterocycles. The summed E-state index contributed by atoms with van der Waals surface area (Å²) in [4.78, 5) is 10.7. The summed E-state index contributed by atoms with van der Waals surface area (Å²) in [5, 5.41) is 18.2. The smallest absolute Gasteiger partial charge is 0.307 e. The molecule has 0 spiro atoms. The molecule has 0 radical (unpaired) electrons. The molecule has 2 rings (SSSR count). The highest BCUT2D eigenvalue weighted by Gasteiger charge is 2.29. The van der Waals surface area contributed by atoms with Crippen LogP contribution in [0.4, 0.5) is 0 Å². The first-order chi connectivity index (χ1) is 9.39. The maximum Gasteiger partial charge on any atom is 0.307 e. The van der Waals surface area contributed by atoms with Crippen LogP contribution in [0.25, 0.3) is 0 Å². The van der Waals surface area contributed by atoms with Gasteiger partial charge in [0.05, 0.1) is 17.4 Å². The van der Waals surface area contributed by atoms with Crippen LogP contribution in [0.15, 0.2) is 29.2 Å². The molecule has 1 heterocycles. The van der Waals surface area contributed by atoms with Crippen molar-refractivity contribution in [1.29, 1.82) is 0 Å². The van der Waals surface area contributed by atoms with E-state index in [-0.39, 0.29) is 17.9 Å². The van der Waals surface area contributed by atoms with Gasteiger partial charge in [0.25, 0.3) is 0 Å². The molecule has 7 heteroatoms. The van der Waals surface area contributed by atoms with Crippen molar-refractivity contribution in [3.8, 4) is 0 Å². The van der Waals surface area contributed by atoms with E-state index in [2.05, 4.69) is 0 Å². The van der Waals surface area contributed by atoms with Crippen molar-refractivity contribution < 1.29 is 23.4 Å². The lowest BCUT2D eigenvalue weighted by molar-refractivity contribution is -0.136. The lowest BCUT2D eigenvalue weighted by Gasteiger charge is -2.29. The van der Waals surface area contributed by atoms with Crippen LogP contribution in [-0.4, -0.2) is 48.1 Å². The van der Waals surface area contributed by atoms with E-state index in [1.165, 1.54) is 28.6 Å². The topological polar surface area (TPSA) is 94.9 Å². The number of carboxylic acids is 1. The fourth-order valence-electron chi connectivity index (χ4n) is 2.24. The number of piperidine rings is 1. The van der Waals surface area contributed by atoms with Gasteiger partial charge in [0.15, 0.2) is 0 Å². The highest BCUT2D eigenvalue weighted by atomic mass is 32.2. The van der Waals surface area contributed by atoms with Crippen LogP contribution in [0.3, 0.4) is 0 Å². The predicted octanol–water partition coefficient (Wildman–Crippen LogP) is 0.459. The average Bonchev–Trinajstić information content (AvgIpc) is 2.38. The minimum Gasteiger partial charge on any atom is -0.481 e. The summed E-state index contributed by atoms with van der Waals surface area (Å²) in [6.07, 6.45) is 0.494. The van der Waals surface area contributed by atoms with E-state index in [1.807, 2.05) is 0 Å². The summed E-state index contributed by atoms with van der Waals surface area (Å²) < 4.78 is 26.0. The van der Waals surface area contributed by atoms with Crippen molar-refractivity contribution in [1.82, 2.24) is 4.31 Å². The van der Waals surface area contributed by atoms with Gasteiger partial charge >= 0.3 is 5.97 Å². The van der Waals surface area contributed by atoms with Crippen molar-refractivity contribution in [2.75, 3.05) is 13.1 Å². The molecule has 1 fully saturated rings. The molecule has 0 aliphatic carbocycles. The highest BCUT2D eigenvalue weighted by molar-refractivity contribution is 7.89. The zero-order chi connectivity index (χ0) is 14.8. The van der Waals surface area contributed by atoms with Crippen molar-refractivity contribution in [2.45, 2.75) is 30.3 Å². The molecular formula is C13H17NO5S. The number of hydrogen-bond donors (Lipinski definition) is 2. The largest absolute Gasteiger partial charge is 0.481 e. The van der Waals surface area contributed by atoms with Crippen LogP contribution in [-0.2, 0) is 21.2 Å². The number of benzene rings is 1. The Bertz CT molecular complexity index is 581. The number of carboxylic acid groups (broad SMARTS) is 1. The minimum atomic E-state index is -3.61. The molecule has 110 valence electrons. The van der Waals surface area contributed by atoms with Gasteiger partial charge in [0, 0.05) is 13.1 Å². The van der Waals surface area contributed by atoms with Crippen molar-refractivity contribution >= 4 is 16.0 Å². The summed E-state index contributed by atoms with van der Waals surface area (Å²) in [6.45, 7) is 0.509. The lowest BCUT2D eigenvalue weighted by Crippen LogP contribution is -2.42. The van der Waals surface area contributed by atoms with Crippen LogP contribution in [0.2, 0.25) is 0 Å². The molecule has 1 unspecified atom stereocenters. The van der Waals surface area contributed by atoms with E-state index in [4.69, 9.17) is 5.11 Å². The third-order valence-corrected chi connectivity index (χ3v) is 5.16. The van der Waals surface area contributed by atoms with E-state index in [0.717, 1.165) is 0 Å². The third-order valence-electron chi connectivity index (χ3n) is 3.28. The lowest BCUT2D eigenvalue weighted by atomic mass is 10.1. The molecular weight excluding hydrogens is 282 g/mol. The zero-order valence-electron chi connectivity index (χ0n) is 10.9. The number of sulfonamides is 1. The number of β-amino-alcohol motifs (C(OH)–C–C–N with tert-alkyl or cyclic N) is 1. The van der Waals surface area contributed by atoms with Gasteiger partial charge in [-0.15, -0.1) is 0 Å². The average molecular weight is 299 g/mol. The molecule has 0 amide bonds. The summed E-state index contributed by atoms with van der Waals surface area (Å²) >= 11 is 0. The number of carbonyl (C=O) groups is 1. The predicted molar refractivity (Wildman–Crippen MR) is 71.8 cm³/mol. The monoisotopic (exact) mass is 299 g/mol. The zero-order valence-corrected chi connectivity index (χ0v) is 11.7. The van der Waals surface area contributed by atoms with Gasteiger partial charge in [-0.3, -0.25) is 4.79 Å². The van der Waals surface area contributed by atoms with Gasteiger partial charge in [0.2, 0.25) is 10.0 Å². The normalized spacial score (nSPS) is 20.8. The molecule has 1 aliphatic heterocycles. The first kappa shape index (κ1) is 15.0. The van der Waals surface area contributed by atoms with Gasteiger partial charge in [0.1, 0.15) is 0 Å². The van der Waals surface area contributed by atoms with Gasteiger partial charge in [-0.2, -0.15) is 4.31 Å². The molecule has 1 aliphatic rings. The molecule has 20 heavy (non-hydrogen) atoms. The fourth-order valence-corrected chi connectivity index (χ4v) is 3.76. The summed E-state index contributed by atoms with van der Waals surface area (Å²) in [5.74, 6) is -0.959. The number of aliphatic carboxylic acids is 1. The third kappa shape index (κ3) is 3.36. The van der Waals surface area contributed by atoms with E-state index in [9.17, 15) is 18.3 Å². The first-order valence-corrected chi connectivity index (χ1v) is 7.82. The summed E-state index contributed by atoms with van der Waals surface area (Å²) in [7, 11) is -3.61. The first-order valence-electron chi connectivity index (χ1n) is 6.38. The second-order valence-electron chi connectivity index (χ2n) is 4.87. The Morgan fingerprint density at radius 3 is 2.50 bits per heavy atom. The number of hydrogen-bond acceptors (Lipinski definition) is 4. The Morgan fingerprint density at radius 1 is 1.30 bits per heavy atom. The quantitative estimate of drug-likeness (QED) is 0.842. The Balaban J connectivity index is 2.19. The van der Waals surface area contributed by atoms with Crippen LogP contribution < -0.4 is 0 Å². The minimum absolute atomic E-state index is 0.110. The molecule has 1 aromatic rings. The number of rotatable bonds is 4. The second-order valence-corrected chi connectivity index (χ2v) is 6.81. The Hall–Kier alpha value is -1.44. The van der Waals surface area contributed by atoms with Crippen LogP contribution >= 0.6 is 0 Å². The van der Waals surface area contributed by atoms with Crippen molar-refractivity contribution in [3.63, 3.8) is 0 Å². The molecule has 1 saturated heterocycles. The SMILES string of the molecule is O=C(O)Cc1ccc(S(=O)(=O)N2CCCC(O)C2)cc1. The molecule has 0 bridgehead atoms. The number of aliphatic hydroxyl groups excluding tert-OH is 1. The van der Waals surface area contributed by atoms with Crippen LogP contribution in [0.1, 0.15) is 18.4 Å². The summed E-state index contributed by atoms with van der Waals surface area (Å²) in [5.41, 5.74) is 0.551. The standard InChI is InChI=1S/C13H17NO5S/c15-11-2-1-7-14(9-11)20(18,19)12-5-3-10(4-6-12)8-13(16)17/h3-6,11,15H,1-2,7-9H2,(H,16,17). The summed E-state index contributed by atoms with van der Waals surface area (Å²) in [6, 6.07) is 5.83. The molecule has 2 N–H and O–H groups in total. The molecule has 1 aromatic carbocycles. The Labute approximate surface area is 117 Å². The maximum absolute atomic E-state index is 12.4. The van der Waals surface area contributed by atoms with Crippen LogP contribution in [0.5, 0.6) is 0 Å². The molecule has 1 atom stereocenters. The van der Waals surface area contributed by atoms with E-state index >= 15 is 0 Å². The van der Waals surface area contributed by atoms with Gasteiger partial charge < -0.3 is 10.2 Å². The highest BCUT2D eigenvalue weighted by Crippen LogP contribution is 2.21. The molecule has 6 nitrogen and oxygen atoms in total. The van der Waals surface area contributed by atoms with E-state index in [0.29, 0.717) is 24.9 Å². The fraction of sp³-hybridized carbons (Fsp3) is 0.462. The Kier molecular flexibility index (Phi) is 4.42. The number of nitrogens with zero attached hydrogens (tertiary/aromatic N) is 1. The van der Waals surface area contributed by atoms with E-state index < -0.39 is 22.1 Å². The maximum atomic E-state index is 12.4. The number of aliphatic hydroxyl groups is 1.